The van der Waals surface area contributed by atoms with Gasteiger partial charge in [-0.2, -0.15) is 0 Å². The van der Waals surface area contributed by atoms with Gasteiger partial charge in [-0.25, -0.2) is 0 Å². The first-order chi connectivity index (χ1) is 12.2. The molecule has 0 N–H and O–H groups in total. The van der Waals surface area contributed by atoms with Crippen LogP contribution in [0.5, 0.6) is 0 Å². The number of nitrogens with zero attached hydrogens (tertiary/aromatic N) is 2. The number of thioether (sulfide) groups is 1. The van der Waals surface area contributed by atoms with Crippen LogP contribution in [0.15, 0.2) is 23.1 Å². The summed E-state index contributed by atoms with van der Waals surface area (Å²) < 4.78 is 4.86. The average molecular weight is 361 g/mol. The highest BCUT2D eigenvalue weighted by molar-refractivity contribution is 7.99. The van der Waals surface area contributed by atoms with E-state index in [1.807, 2.05) is 18.7 Å². The molecule has 1 unspecified atom stereocenters. The van der Waals surface area contributed by atoms with E-state index in [4.69, 9.17) is 4.74 Å². The van der Waals surface area contributed by atoms with Crippen molar-refractivity contribution in [1.82, 2.24) is 4.90 Å². The summed E-state index contributed by atoms with van der Waals surface area (Å²) in [5.74, 6) is 1.76. The number of benzene rings is 1. The fraction of sp³-hybridized carbons (Fsp3) is 0.650. The molecule has 1 aromatic rings. The van der Waals surface area contributed by atoms with Crippen molar-refractivity contribution in [2.24, 2.45) is 5.92 Å². The minimum atomic E-state index is -0.0870. The molecule has 0 amide bonds. The molecule has 0 aliphatic carbocycles. The largest absolute Gasteiger partial charge is 0.469 e. The fourth-order valence-corrected chi connectivity index (χ4v) is 5.75. The first kappa shape index (κ1) is 17.2. The monoisotopic (exact) mass is 360 g/mol. The maximum atomic E-state index is 11.6. The predicted molar refractivity (Wildman–Crippen MR) is 103 cm³/mol. The van der Waals surface area contributed by atoms with Gasteiger partial charge in [0.2, 0.25) is 0 Å². The number of hydrogen-bond donors (Lipinski definition) is 0. The Kier molecular flexibility index (Phi) is 4.96. The zero-order valence-corrected chi connectivity index (χ0v) is 16.1. The molecule has 1 aromatic carbocycles. The fourth-order valence-electron chi connectivity index (χ4n) is 4.71. The summed E-state index contributed by atoms with van der Waals surface area (Å²) in [6.45, 7) is 6.43. The van der Waals surface area contributed by atoms with E-state index in [-0.39, 0.29) is 11.9 Å². The Hall–Kier alpha value is -1.20. The third-order valence-corrected chi connectivity index (χ3v) is 7.19. The third-order valence-electron chi connectivity index (χ3n) is 6.06. The summed E-state index contributed by atoms with van der Waals surface area (Å²) >= 11 is 2.03. The number of anilines is 1. The van der Waals surface area contributed by atoms with Crippen molar-refractivity contribution in [2.45, 2.75) is 43.0 Å². The lowest BCUT2D eigenvalue weighted by atomic mass is 9.88. The highest BCUT2D eigenvalue weighted by Crippen LogP contribution is 2.50. The van der Waals surface area contributed by atoms with Gasteiger partial charge in [0.25, 0.3) is 0 Å². The van der Waals surface area contributed by atoms with Crippen LogP contribution in [0.2, 0.25) is 0 Å². The highest BCUT2D eigenvalue weighted by atomic mass is 32.2. The van der Waals surface area contributed by atoms with Crippen molar-refractivity contribution >= 4 is 23.4 Å². The summed E-state index contributed by atoms with van der Waals surface area (Å²) in [6.07, 6.45) is 3.40. The van der Waals surface area contributed by atoms with Crippen LogP contribution in [0.25, 0.3) is 0 Å². The van der Waals surface area contributed by atoms with Crippen LogP contribution >= 0.6 is 11.8 Å². The van der Waals surface area contributed by atoms with Gasteiger partial charge in [0.1, 0.15) is 0 Å². The van der Waals surface area contributed by atoms with E-state index >= 15 is 0 Å². The van der Waals surface area contributed by atoms with Gasteiger partial charge in [0.05, 0.1) is 18.7 Å². The maximum absolute atomic E-state index is 11.6. The molecule has 4 rings (SSSR count). The summed E-state index contributed by atoms with van der Waals surface area (Å²) in [7, 11) is 1.48. The molecule has 3 aliphatic heterocycles. The second kappa shape index (κ2) is 7.20. The van der Waals surface area contributed by atoms with Crippen LogP contribution in [0.4, 0.5) is 5.69 Å². The van der Waals surface area contributed by atoms with Gasteiger partial charge in [-0.3, -0.25) is 4.79 Å². The van der Waals surface area contributed by atoms with Crippen molar-refractivity contribution < 1.29 is 9.53 Å². The lowest BCUT2D eigenvalue weighted by Gasteiger charge is -2.39. The van der Waals surface area contributed by atoms with E-state index in [1.54, 1.807) is 5.56 Å². The standard InChI is InChI=1S/C20H28N2O2S/c1-14(20(23)24-2)7-10-21-11-8-17-16(13-21)15-5-3-6-18-19(15)22(17)9-4-12-25-18/h3,5-6,14,16-17H,4,7-13H2,1-2H3/t14?,16-,17-/m0/s1. The van der Waals surface area contributed by atoms with E-state index in [0.717, 1.165) is 26.1 Å². The molecule has 1 saturated heterocycles. The van der Waals surface area contributed by atoms with E-state index < -0.39 is 0 Å². The second-order valence-corrected chi connectivity index (χ2v) is 8.70. The zero-order valence-electron chi connectivity index (χ0n) is 15.2. The van der Waals surface area contributed by atoms with Crippen LogP contribution in [-0.4, -0.2) is 56.0 Å². The lowest BCUT2D eigenvalue weighted by Crippen LogP contribution is -2.47. The predicted octanol–water partition coefficient (Wildman–Crippen LogP) is 3.36. The molecule has 25 heavy (non-hydrogen) atoms. The molecule has 3 heterocycles. The Balaban J connectivity index is 1.48. The number of para-hydroxylation sites is 1. The molecule has 0 spiro atoms. The Bertz CT molecular complexity index is 651. The number of carbonyl (C=O) groups is 1. The quantitative estimate of drug-likeness (QED) is 0.769. The molecule has 4 nitrogen and oxygen atoms in total. The van der Waals surface area contributed by atoms with Crippen molar-refractivity contribution in [2.75, 3.05) is 43.9 Å². The summed E-state index contributed by atoms with van der Waals surface area (Å²) in [5.41, 5.74) is 3.09. The lowest BCUT2D eigenvalue weighted by molar-refractivity contribution is -0.145. The van der Waals surface area contributed by atoms with Crippen LogP contribution in [0, 0.1) is 5.92 Å². The molecule has 136 valence electrons. The molecule has 5 heteroatoms. The molecule has 1 fully saturated rings. The minimum Gasteiger partial charge on any atom is -0.469 e. The van der Waals surface area contributed by atoms with E-state index in [9.17, 15) is 4.79 Å². The Labute approximate surface area is 154 Å². The molecule has 3 aliphatic rings. The van der Waals surface area contributed by atoms with E-state index in [0.29, 0.717) is 12.0 Å². The van der Waals surface area contributed by atoms with Crippen LogP contribution in [-0.2, 0) is 9.53 Å². The number of hydrogen-bond acceptors (Lipinski definition) is 5. The molecule has 0 bridgehead atoms. The summed E-state index contributed by atoms with van der Waals surface area (Å²) in [5, 5.41) is 0. The number of methoxy groups -OCH3 is 1. The minimum absolute atomic E-state index is 0.0105. The number of piperidine rings is 1. The van der Waals surface area contributed by atoms with Crippen molar-refractivity contribution in [3.8, 4) is 0 Å². The molecule has 3 atom stereocenters. The first-order valence-corrected chi connectivity index (χ1v) is 10.5. The van der Waals surface area contributed by atoms with Gasteiger partial charge < -0.3 is 14.5 Å². The number of rotatable bonds is 4. The van der Waals surface area contributed by atoms with Gasteiger partial charge in [-0.15, -0.1) is 11.8 Å². The number of likely N-dealkylation sites (tertiary alicyclic amines) is 1. The Morgan fingerprint density at radius 3 is 3.12 bits per heavy atom. The second-order valence-electron chi connectivity index (χ2n) is 7.57. The topological polar surface area (TPSA) is 32.8 Å². The van der Waals surface area contributed by atoms with Gasteiger partial charge in [0.15, 0.2) is 0 Å². The molecular formula is C20H28N2O2S. The Morgan fingerprint density at radius 1 is 1.40 bits per heavy atom. The van der Waals surface area contributed by atoms with Gasteiger partial charge in [-0.1, -0.05) is 19.1 Å². The normalized spacial score (nSPS) is 26.6. The number of esters is 1. The smallest absolute Gasteiger partial charge is 0.308 e. The molecule has 0 saturated carbocycles. The van der Waals surface area contributed by atoms with Crippen LogP contribution in [0.1, 0.15) is 37.7 Å². The third kappa shape index (κ3) is 3.17. The van der Waals surface area contributed by atoms with Crippen molar-refractivity contribution in [1.29, 1.82) is 0 Å². The SMILES string of the molecule is COC(=O)C(C)CCN1CC[C@H]2[C@@H](C1)c1cccc3c1N2CCCS3. The van der Waals surface area contributed by atoms with E-state index in [2.05, 4.69) is 28.0 Å². The molecule has 0 aromatic heterocycles. The summed E-state index contributed by atoms with van der Waals surface area (Å²) in [4.78, 5) is 18.4. The zero-order chi connectivity index (χ0) is 17.4. The van der Waals surface area contributed by atoms with Crippen molar-refractivity contribution in [3.63, 3.8) is 0 Å². The Morgan fingerprint density at radius 2 is 2.28 bits per heavy atom. The van der Waals surface area contributed by atoms with Gasteiger partial charge in [-0.05, 0) is 43.2 Å². The van der Waals surface area contributed by atoms with Crippen LogP contribution < -0.4 is 4.90 Å². The highest BCUT2D eigenvalue weighted by Gasteiger charge is 2.43. The average Bonchev–Trinajstić information content (AvgIpc) is 2.80. The van der Waals surface area contributed by atoms with Gasteiger partial charge >= 0.3 is 5.97 Å². The van der Waals surface area contributed by atoms with E-state index in [1.165, 1.54) is 42.8 Å². The molecule has 0 radical (unpaired) electrons. The van der Waals surface area contributed by atoms with Crippen molar-refractivity contribution in [3.05, 3.63) is 23.8 Å². The van der Waals surface area contributed by atoms with Crippen LogP contribution in [0.3, 0.4) is 0 Å². The number of carbonyl (C=O) groups excluding carboxylic acids is 1. The van der Waals surface area contributed by atoms with Gasteiger partial charge in [0, 0.05) is 36.5 Å². The maximum Gasteiger partial charge on any atom is 0.308 e. The first-order valence-electron chi connectivity index (χ1n) is 9.51. The number of ether oxygens (including phenoxy) is 1. The summed E-state index contributed by atoms with van der Waals surface area (Å²) in [6, 6.07) is 7.56. The number of fused-ring (bicyclic) bond motifs is 3. The molecular weight excluding hydrogens is 332 g/mol.